The Bertz CT molecular complexity index is 283. The van der Waals surface area contributed by atoms with Crippen LogP contribution in [-0.2, 0) is 9.53 Å². The molecular formula is C12H19NO2. The molecule has 3 unspecified atom stereocenters. The number of carbonyl (C=O) groups excluding carboxylic acids is 1. The van der Waals surface area contributed by atoms with E-state index in [1.165, 1.54) is 6.42 Å². The number of carbonyl (C=O) groups is 1. The second kappa shape index (κ2) is 3.21. The average Bonchev–Trinajstić information content (AvgIpc) is 2.84. The molecule has 0 bridgehead atoms. The normalized spacial score (nSPS) is 43.0. The minimum atomic E-state index is 0.102. The van der Waals surface area contributed by atoms with Crippen molar-refractivity contribution in [2.45, 2.75) is 38.1 Å². The molecule has 3 aliphatic rings. The fourth-order valence-corrected chi connectivity index (χ4v) is 3.52. The van der Waals surface area contributed by atoms with Gasteiger partial charge in [0.1, 0.15) is 0 Å². The maximum absolute atomic E-state index is 11.6. The molecule has 3 rings (SSSR count). The molecule has 2 saturated heterocycles. The van der Waals surface area contributed by atoms with Crippen molar-refractivity contribution in [2.24, 2.45) is 17.8 Å². The summed E-state index contributed by atoms with van der Waals surface area (Å²) in [6, 6.07) is 0. The predicted octanol–water partition coefficient (Wildman–Crippen LogP) is 1.33. The summed E-state index contributed by atoms with van der Waals surface area (Å²) in [5, 5.41) is 3.24. The second-order valence-corrected chi connectivity index (χ2v) is 5.50. The zero-order valence-corrected chi connectivity index (χ0v) is 9.29. The van der Waals surface area contributed by atoms with E-state index in [-0.39, 0.29) is 11.4 Å². The molecule has 3 atom stereocenters. The first-order chi connectivity index (χ1) is 7.21. The van der Waals surface area contributed by atoms with Gasteiger partial charge in [-0.2, -0.15) is 0 Å². The lowest BCUT2D eigenvalue weighted by Gasteiger charge is -2.38. The van der Waals surface area contributed by atoms with Gasteiger partial charge >= 0.3 is 0 Å². The largest absolute Gasteiger partial charge is 0.381 e. The molecule has 1 N–H and O–H groups in total. The molecule has 0 aromatic heterocycles. The van der Waals surface area contributed by atoms with Crippen LogP contribution in [0.5, 0.6) is 0 Å². The van der Waals surface area contributed by atoms with Crippen LogP contribution >= 0.6 is 0 Å². The van der Waals surface area contributed by atoms with Crippen molar-refractivity contribution in [3.8, 4) is 0 Å². The van der Waals surface area contributed by atoms with Crippen molar-refractivity contribution in [3.05, 3.63) is 0 Å². The fourth-order valence-electron chi connectivity index (χ4n) is 3.52. The number of rotatable bonds is 1. The minimum absolute atomic E-state index is 0.102. The zero-order valence-electron chi connectivity index (χ0n) is 9.29. The zero-order chi connectivity index (χ0) is 10.5. The lowest BCUT2D eigenvalue weighted by molar-refractivity contribution is -0.120. The SMILES string of the molecule is CC1CC1C1CC(=O)NC12CCOCC2. The Labute approximate surface area is 90.6 Å². The van der Waals surface area contributed by atoms with E-state index in [2.05, 4.69) is 12.2 Å². The molecule has 1 aliphatic carbocycles. The first kappa shape index (κ1) is 9.64. The average molecular weight is 209 g/mol. The van der Waals surface area contributed by atoms with Gasteiger partial charge < -0.3 is 10.1 Å². The van der Waals surface area contributed by atoms with Crippen LogP contribution in [0.25, 0.3) is 0 Å². The van der Waals surface area contributed by atoms with E-state index in [1.54, 1.807) is 0 Å². The number of ether oxygens (including phenoxy) is 1. The Morgan fingerprint density at radius 1 is 1.40 bits per heavy atom. The van der Waals surface area contributed by atoms with Crippen LogP contribution in [0, 0.1) is 17.8 Å². The Morgan fingerprint density at radius 2 is 2.07 bits per heavy atom. The summed E-state index contributed by atoms with van der Waals surface area (Å²) in [6.45, 7) is 3.94. The Balaban J connectivity index is 1.81. The first-order valence-electron chi connectivity index (χ1n) is 6.10. The summed E-state index contributed by atoms with van der Waals surface area (Å²) in [6.07, 6.45) is 4.12. The maximum atomic E-state index is 11.6. The molecule has 0 radical (unpaired) electrons. The van der Waals surface area contributed by atoms with E-state index < -0.39 is 0 Å². The smallest absolute Gasteiger partial charge is 0.220 e. The summed E-state index contributed by atoms with van der Waals surface area (Å²) in [5.41, 5.74) is 0.102. The molecule has 0 aromatic carbocycles. The van der Waals surface area contributed by atoms with E-state index in [9.17, 15) is 4.79 Å². The van der Waals surface area contributed by atoms with E-state index in [4.69, 9.17) is 4.74 Å². The molecule has 1 spiro atoms. The van der Waals surface area contributed by atoms with Gasteiger partial charge in [-0.15, -0.1) is 0 Å². The number of hydrogen-bond donors (Lipinski definition) is 1. The van der Waals surface area contributed by atoms with Crippen LogP contribution in [-0.4, -0.2) is 24.7 Å². The van der Waals surface area contributed by atoms with Gasteiger partial charge in [0.2, 0.25) is 5.91 Å². The van der Waals surface area contributed by atoms with Gasteiger partial charge in [-0.1, -0.05) is 6.92 Å². The maximum Gasteiger partial charge on any atom is 0.220 e. The Kier molecular flexibility index (Phi) is 2.06. The summed E-state index contributed by atoms with van der Waals surface area (Å²) < 4.78 is 5.42. The molecule has 3 fully saturated rings. The molecule has 2 aliphatic heterocycles. The van der Waals surface area contributed by atoms with Gasteiger partial charge in [0.25, 0.3) is 0 Å². The van der Waals surface area contributed by atoms with Gasteiger partial charge in [-0.25, -0.2) is 0 Å². The number of amides is 1. The highest BCUT2D eigenvalue weighted by atomic mass is 16.5. The van der Waals surface area contributed by atoms with E-state index in [0.717, 1.165) is 44.3 Å². The standard InChI is InChI=1S/C12H19NO2/c1-8-6-9(8)10-7-11(14)13-12(10)2-4-15-5-3-12/h8-10H,2-7H2,1H3,(H,13,14). The third-order valence-electron chi connectivity index (χ3n) is 4.58. The Hall–Kier alpha value is -0.570. The molecule has 1 amide bonds. The van der Waals surface area contributed by atoms with Crippen molar-refractivity contribution in [2.75, 3.05) is 13.2 Å². The predicted molar refractivity (Wildman–Crippen MR) is 56.3 cm³/mol. The molecular weight excluding hydrogens is 190 g/mol. The monoisotopic (exact) mass is 209 g/mol. The van der Waals surface area contributed by atoms with Crippen LogP contribution in [0.1, 0.15) is 32.6 Å². The van der Waals surface area contributed by atoms with Gasteiger partial charge in [0, 0.05) is 25.2 Å². The summed E-state index contributed by atoms with van der Waals surface area (Å²) in [5.74, 6) is 2.48. The molecule has 2 heterocycles. The van der Waals surface area contributed by atoms with E-state index in [1.807, 2.05) is 0 Å². The third-order valence-corrected chi connectivity index (χ3v) is 4.58. The van der Waals surface area contributed by atoms with Crippen LogP contribution in [0.15, 0.2) is 0 Å². The van der Waals surface area contributed by atoms with Crippen molar-refractivity contribution in [1.29, 1.82) is 0 Å². The van der Waals surface area contributed by atoms with Crippen molar-refractivity contribution in [3.63, 3.8) is 0 Å². The molecule has 15 heavy (non-hydrogen) atoms. The van der Waals surface area contributed by atoms with Crippen LogP contribution < -0.4 is 5.32 Å². The third kappa shape index (κ3) is 1.48. The van der Waals surface area contributed by atoms with Crippen LogP contribution in [0.4, 0.5) is 0 Å². The summed E-state index contributed by atoms with van der Waals surface area (Å²) in [7, 11) is 0. The molecule has 1 saturated carbocycles. The molecule has 84 valence electrons. The van der Waals surface area contributed by atoms with E-state index >= 15 is 0 Å². The van der Waals surface area contributed by atoms with Gasteiger partial charge in [-0.05, 0) is 37.0 Å². The minimum Gasteiger partial charge on any atom is -0.381 e. The second-order valence-electron chi connectivity index (χ2n) is 5.50. The lowest BCUT2D eigenvalue weighted by Crippen LogP contribution is -2.50. The Morgan fingerprint density at radius 3 is 2.67 bits per heavy atom. The molecule has 3 nitrogen and oxygen atoms in total. The first-order valence-corrected chi connectivity index (χ1v) is 6.10. The van der Waals surface area contributed by atoms with Crippen LogP contribution in [0.2, 0.25) is 0 Å². The highest BCUT2D eigenvalue weighted by Crippen LogP contribution is 2.53. The fraction of sp³-hybridized carbons (Fsp3) is 0.917. The quantitative estimate of drug-likeness (QED) is 0.707. The topological polar surface area (TPSA) is 38.3 Å². The highest BCUT2D eigenvalue weighted by molar-refractivity contribution is 5.80. The van der Waals surface area contributed by atoms with E-state index in [0.29, 0.717) is 5.92 Å². The van der Waals surface area contributed by atoms with Crippen molar-refractivity contribution < 1.29 is 9.53 Å². The van der Waals surface area contributed by atoms with Crippen LogP contribution in [0.3, 0.4) is 0 Å². The van der Waals surface area contributed by atoms with Gasteiger partial charge in [0.05, 0.1) is 0 Å². The van der Waals surface area contributed by atoms with Gasteiger partial charge in [-0.3, -0.25) is 4.79 Å². The molecule has 3 heteroatoms. The van der Waals surface area contributed by atoms with Crippen molar-refractivity contribution >= 4 is 5.91 Å². The summed E-state index contributed by atoms with van der Waals surface area (Å²) >= 11 is 0. The lowest BCUT2D eigenvalue weighted by atomic mass is 9.76. The number of hydrogen-bond acceptors (Lipinski definition) is 2. The van der Waals surface area contributed by atoms with Crippen molar-refractivity contribution in [1.82, 2.24) is 5.32 Å². The van der Waals surface area contributed by atoms with Gasteiger partial charge in [0.15, 0.2) is 0 Å². The summed E-state index contributed by atoms with van der Waals surface area (Å²) in [4.78, 5) is 11.6. The molecule has 0 aromatic rings. The number of nitrogens with one attached hydrogen (secondary N) is 1. The highest BCUT2D eigenvalue weighted by Gasteiger charge is 2.55.